The molecular formula is C51H32BN5O. The Bertz CT molecular complexity index is 4200. The highest BCUT2D eigenvalue weighted by atomic mass is 16.5. The number of hydrogen-bond acceptors (Lipinski definition) is 4. The predicted molar refractivity (Wildman–Crippen MR) is 237 cm³/mol. The van der Waals surface area contributed by atoms with Gasteiger partial charge in [-0.3, -0.25) is 9.13 Å². The Labute approximate surface area is 362 Å². The molecule has 0 atom stereocenters. The lowest BCUT2D eigenvalue weighted by Gasteiger charge is -2.28. The van der Waals surface area contributed by atoms with Crippen molar-refractivity contribution in [2.45, 2.75) is 0 Å². The van der Waals surface area contributed by atoms with Crippen LogP contribution in [0.15, 0.2) is 194 Å². The van der Waals surface area contributed by atoms with E-state index < -0.39 is 194 Å². The van der Waals surface area contributed by atoms with Crippen LogP contribution in [-0.2, 0) is 0 Å². The van der Waals surface area contributed by atoms with Gasteiger partial charge in [-0.25, -0.2) is 0 Å². The topological polar surface area (TPSA) is 57.8 Å². The summed E-state index contributed by atoms with van der Waals surface area (Å²) in [5.74, 6) is -1.08. The van der Waals surface area contributed by atoms with Gasteiger partial charge in [0.1, 0.15) is 11.5 Å². The highest BCUT2D eigenvalue weighted by Crippen LogP contribution is 2.35. The van der Waals surface area contributed by atoms with E-state index in [-0.39, 0.29) is 11.1 Å². The SMILES string of the molecule is [2H]c1c([2H])c(-c2nc(-n3c4c([2H])c([2H])c([2H])c([2H])c4c4c([2H])c([2H])c([2H])c([2H])c43)nc(-n3c4c([2H])c([2H])c([2H])c([2H])c4c4c([2H])c([2H])c([2H])c([2H])c43)n2)c([2H])c(-c2ccccc2B2c3ccccc3Oc3ccccc32)c1[2H]. The van der Waals surface area contributed by atoms with E-state index in [1.807, 2.05) is 36.4 Å². The van der Waals surface area contributed by atoms with Crippen LogP contribution < -0.4 is 21.1 Å². The third-order valence-corrected chi connectivity index (χ3v) is 10.1. The van der Waals surface area contributed by atoms with Crippen molar-refractivity contribution in [2.75, 3.05) is 0 Å². The van der Waals surface area contributed by atoms with Gasteiger partial charge in [-0.05, 0) is 64.4 Å². The normalized spacial score (nSPS) is 17.1. The predicted octanol–water partition coefficient (Wildman–Crippen LogP) is 10.0. The maximum absolute atomic E-state index is 10.1. The van der Waals surface area contributed by atoms with E-state index in [4.69, 9.17) is 36.1 Å². The fourth-order valence-corrected chi connectivity index (χ4v) is 7.72. The number of benzene rings is 8. The second-order valence-electron chi connectivity index (χ2n) is 13.3. The van der Waals surface area contributed by atoms with Gasteiger partial charge < -0.3 is 4.74 Å². The molecule has 0 bridgehead atoms. The molecule has 8 aromatic carbocycles. The van der Waals surface area contributed by atoms with Crippen molar-refractivity contribution in [1.29, 1.82) is 0 Å². The lowest BCUT2D eigenvalue weighted by Crippen LogP contribution is -2.55. The minimum Gasteiger partial charge on any atom is -0.458 e. The molecular weight excluding hydrogens is 709 g/mol. The molecule has 6 nitrogen and oxygen atoms in total. The zero-order valence-corrected chi connectivity index (χ0v) is 29.6. The molecule has 270 valence electrons. The standard InChI is InChI=1S/C51H32BN5O/c1-6-23-40(52-41-24-7-13-30-47(41)58-48-31-14-8-25-42(48)52)35(18-1)33-16-15-17-34(32-33)49-53-50(56-43-26-9-2-19-36(43)37-20-3-10-27-44(37)56)55-51(54-49)57-45-28-11-4-21-38(45)39-22-5-12-29-46(39)57/h1-32H/i2D,3D,4D,5D,9D,10D,11D,12D,15D,16D,17D,19D,20D,21D,22D,26D,27D,28D,29D,32D. The Kier molecular flexibility index (Phi) is 4.10. The van der Waals surface area contributed by atoms with Crippen molar-refractivity contribution >= 4 is 66.7 Å². The summed E-state index contributed by atoms with van der Waals surface area (Å²) in [5.41, 5.74) is -0.344. The van der Waals surface area contributed by atoms with Crippen molar-refractivity contribution in [3.8, 4) is 45.9 Å². The van der Waals surface area contributed by atoms with Crippen LogP contribution in [0.5, 0.6) is 11.5 Å². The first-order valence-electron chi connectivity index (χ1n) is 27.9. The van der Waals surface area contributed by atoms with E-state index in [0.29, 0.717) is 17.0 Å². The van der Waals surface area contributed by atoms with Crippen LogP contribution >= 0.6 is 0 Å². The van der Waals surface area contributed by atoms with Crippen LogP contribution in [0, 0.1) is 0 Å². The lowest BCUT2D eigenvalue weighted by molar-refractivity contribution is 0.487. The molecule has 4 heterocycles. The molecule has 1 aliphatic rings. The van der Waals surface area contributed by atoms with Gasteiger partial charge in [0.15, 0.2) is 5.82 Å². The van der Waals surface area contributed by atoms with Crippen molar-refractivity contribution in [2.24, 2.45) is 0 Å². The molecule has 0 spiro atoms. The van der Waals surface area contributed by atoms with Gasteiger partial charge in [0, 0.05) is 27.1 Å². The van der Waals surface area contributed by atoms with Crippen molar-refractivity contribution < 1.29 is 32.2 Å². The van der Waals surface area contributed by atoms with Gasteiger partial charge in [0.05, 0.1) is 49.5 Å². The molecule has 3 aromatic heterocycles. The van der Waals surface area contributed by atoms with Crippen molar-refractivity contribution in [3.05, 3.63) is 194 Å². The molecule has 0 saturated heterocycles. The van der Waals surface area contributed by atoms with Gasteiger partial charge in [-0.15, -0.1) is 0 Å². The first kappa shape index (κ1) is 18.5. The molecule has 0 N–H and O–H groups in total. The second-order valence-corrected chi connectivity index (χ2v) is 13.3. The summed E-state index contributed by atoms with van der Waals surface area (Å²) in [6.07, 6.45) is 0. The van der Waals surface area contributed by atoms with E-state index in [2.05, 4.69) is 0 Å². The van der Waals surface area contributed by atoms with Crippen LogP contribution in [0.25, 0.3) is 78.0 Å². The number of nitrogens with zero attached hydrogens (tertiary/aromatic N) is 5. The van der Waals surface area contributed by atoms with Gasteiger partial charge in [0.25, 0.3) is 6.71 Å². The van der Waals surface area contributed by atoms with Crippen LogP contribution in [-0.4, -0.2) is 30.8 Å². The van der Waals surface area contributed by atoms with E-state index >= 15 is 0 Å². The van der Waals surface area contributed by atoms with E-state index in [0.717, 1.165) is 20.1 Å². The summed E-state index contributed by atoms with van der Waals surface area (Å²) in [7, 11) is 0. The number of hydrogen-bond donors (Lipinski definition) is 0. The molecule has 58 heavy (non-hydrogen) atoms. The quantitative estimate of drug-likeness (QED) is 0.164. The molecule has 11 aromatic rings. The average molecular weight is 762 g/mol. The number of rotatable bonds is 5. The zero-order valence-electron chi connectivity index (χ0n) is 49.6. The molecule has 7 heteroatoms. The van der Waals surface area contributed by atoms with Crippen molar-refractivity contribution in [1.82, 2.24) is 24.1 Å². The smallest absolute Gasteiger partial charge is 0.251 e. The van der Waals surface area contributed by atoms with Crippen LogP contribution in [0.4, 0.5) is 0 Å². The summed E-state index contributed by atoms with van der Waals surface area (Å²) in [6.45, 7) is -0.575. The van der Waals surface area contributed by atoms with Crippen LogP contribution in [0.2, 0.25) is 0 Å². The van der Waals surface area contributed by atoms with E-state index in [9.17, 15) is 11.0 Å². The Balaban J connectivity index is 1.27. The van der Waals surface area contributed by atoms with Gasteiger partial charge in [-0.1, -0.05) is 157 Å². The van der Waals surface area contributed by atoms with E-state index in [1.54, 1.807) is 36.4 Å². The Morgan fingerprint density at radius 1 is 0.431 bits per heavy atom. The van der Waals surface area contributed by atoms with Crippen LogP contribution in [0.3, 0.4) is 0 Å². The third-order valence-electron chi connectivity index (χ3n) is 10.1. The maximum atomic E-state index is 10.1. The van der Waals surface area contributed by atoms with Gasteiger partial charge in [-0.2, -0.15) is 15.0 Å². The highest BCUT2D eigenvalue weighted by molar-refractivity contribution is 6.97. The van der Waals surface area contributed by atoms with E-state index in [1.165, 1.54) is 0 Å². The number of fused-ring (bicyclic) bond motifs is 8. The summed E-state index contributed by atoms with van der Waals surface area (Å²) in [6, 6.07) is 6.69. The summed E-state index contributed by atoms with van der Waals surface area (Å²) in [5, 5.41) is -1.57. The monoisotopic (exact) mass is 761 g/mol. The Morgan fingerprint density at radius 2 is 0.862 bits per heavy atom. The second kappa shape index (κ2) is 12.9. The molecule has 0 amide bonds. The number of aromatic nitrogens is 5. The third kappa shape index (κ3) is 4.96. The molecule has 0 aliphatic carbocycles. The summed E-state index contributed by atoms with van der Waals surface area (Å²) < 4.78 is 190. The number of ether oxygens (including phenoxy) is 1. The largest absolute Gasteiger partial charge is 0.458 e. The maximum Gasteiger partial charge on any atom is 0.251 e. The zero-order chi connectivity index (χ0) is 55.6. The molecule has 0 fully saturated rings. The summed E-state index contributed by atoms with van der Waals surface area (Å²) in [4.78, 5) is 14.2. The molecule has 1 aliphatic heterocycles. The minimum absolute atomic E-state index is 0.174. The minimum atomic E-state index is -0.805. The first-order chi connectivity index (χ1) is 37.1. The van der Waals surface area contributed by atoms with Gasteiger partial charge >= 0.3 is 0 Å². The first-order valence-corrected chi connectivity index (χ1v) is 17.9. The Morgan fingerprint density at radius 3 is 1.38 bits per heavy atom. The molecule has 12 rings (SSSR count). The highest BCUT2D eigenvalue weighted by Gasteiger charge is 2.33. The molecule has 0 radical (unpaired) electrons. The molecule has 0 saturated carbocycles. The Hall–Kier alpha value is -7.77. The average Bonchev–Trinajstić information content (AvgIpc) is 3.68. The van der Waals surface area contributed by atoms with Crippen LogP contribution in [0.1, 0.15) is 27.4 Å². The van der Waals surface area contributed by atoms with Crippen molar-refractivity contribution in [3.63, 3.8) is 0 Å². The number of para-hydroxylation sites is 6. The lowest BCUT2D eigenvalue weighted by atomic mass is 9.35. The molecule has 0 unspecified atom stereocenters. The van der Waals surface area contributed by atoms with Gasteiger partial charge in [0.2, 0.25) is 11.9 Å². The summed E-state index contributed by atoms with van der Waals surface area (Å²) >= 11 is 0. The fourth-order valence-electron chi connectivity index (χ4n) is 7.72. The fraction of sp³-hybridized carbons (Fsp3) is 0.